The summed E-state index contributed by atoms with van der Waals surface area (Å²) >= 11 is 1.83. The van der Waals surface area contributed by atoms with Gasteiger partial charge in [0, 0.05) is 29.7 Å². The number of anilines is 1. The van der Waals surface area contributed by atoms with Gasteiger partial charge in [-0.1, -0.05) is 32.4 Å². The second-order valence-corrected chi connectivity index (χ2v) is 12.3. The van der Waals surface area contributed by atoms with Gasteiger partial charge in [0.25, 0.3) is 0 Å². The van der Waals surface area contributed by atoms with Crippen molar-refractivity contribution in [2.75, 3.05) is 17.6 Å². The normalized spacial score (nSPS) is 20.6. The number of hydrogen-bond acceptors (Lipinski definition) is 7. The van der Waals surface area contributed by atoms with E-state index in [2.05, 4.69) is 31.9 Å². The monoisotopic (exact) mass is 605 g/mol. The standard InChI is InChI=1S/C28H43N7O6S/c1-16(2)23(34-22(37)8-4-3-7-21-24-20(15-42-21)33-28(41)35-24)26(39)32-19(6-5-13-30-27(29)40)25(38)31-18-11-9-17(14-36)10-12-18/h9-12,16,19-21,23-24,36H,3-8,13-15H2,1-2H3,(H,31,38)(H,32,39)(H,34,37)(H3,29,30,40)(H2,33,35,41)/t19-,20+,21+,23-,24+/m0/s1. The largest absolute Gasteiger partial charge is 0.392 e. The molecule has 0 aromatic heterocycles. The lowest BCUT2D eigenvalue weighted by molar-refractivity contribution is -0.132. The Morgan fingerprint density at radius 3 is 2.45 bits per heavy atom. The molecule has 3 rings (SSSR count). The summed E-state index contributed by atoms with van der Waals surface area (Å²) in [6, 6.07) is 4.38. The van der Waals surface area contributed by atoms with Gasteiger partial charge < -0.3 is 42.7 Å². The molecule has 0 spiro atoms. The lowest BCUT2D eigenvalue weighted by Crippen LogP contribution is -2.54. The highest BCUT2D eigenvalue weighted by Gasteiger charge is 2.42. The van der Waals surface area contributed by atoms with Crippen molar-refractivity contribution in [1.82, 2.24) is 26.6 Å². The van der Waals surface area contributed by atoms with Crippen LogP contribution in [0.3, 0.4) is 0 Å². The van der Waals surface area contributed by atoms with Crippen molar-refractivity contribution in [3.63, 3.8) is 0 Å². The number of benzene rings is 1. The summed E-state index contributed by atoms with van der Waals surface area (Å²) in [6.45, 7) is 3.74. The molecule has 2 saturated heterocycles. The highest BCUT2D eigenvalue weighted by atomic mass is 32.2. The van der Waals surface area contributed by atoms with Crippen molar-refractivity contribution in [3.8, 4) is 0 Å². The molecule has 2 aliphatic rings. The maximum Gasteiger partial charge on any atom is 0.315 e. The van der Waals surface area contributed by atoms with E-state index in [0.29, 0.717) is 29.3 Å². The van der Waals surface area contributed by atoms with E-state index in [1.807, 2.05) is 25.6 Å². The first kappa shape index (κ1) is 33.0. The average molecular weight is 606 g/mol. The van der Waals surface area contributed by atoms with Crippen LogP contribution in [-0.2, 0) is 21.0 Å². The maximum absolute atomic E-state index is 13.3. The molecular weight excluding hydrogens is 562 g/mol. The number of aliphatic hydroxyl groups excluding tert-OH is 1. The number of rotatable bonds is 16. The first-order valence-electron chi connectivity index (χ1n) is 14.4. The van der Waals surface area contributed by atoms with E-state index >= 15 is 0 Å². The van der Waals surface area contributed by atoms with Crippen LogP contribution in [0.25, 0.3) is 0 Å². The third-order valence-electron chi connectivity index (χ3n) is 7.35. The van der Waals surface area contributed by atoms with Gasteiger partial charge >= 0.3 is 12.1 Å². The third-order valence-corrected chi connectivity index (χ3v) is 8.86. The Kier molecular flexibility index (Phi) is 12.7. The molecule has 2 aliphatic heterocycles. The summed E-state index contributed by atoms with van der Waals surface area (Å²) in [5.74, 6) is -0.516. The molecule has 2 fully saturated rings. The van der Waals surface area contributed by atoms with E-state index in [9.17, 15) is 29.1 Å². The van der Waals surface area contributed by atoms with E-state index in [1.165, 1.54) is 0 Å². The number of fused-ring (bicyclic) bond motifs is 1. The van der Waals surface area contributed by atoms with E-state index in [0.717, 1.165) is 18.6 Å². The molecule has 0 aliphatic carbocycles. The first-order valence-corrected chi connectivity index (χ1v) is 15.4. The zero-order valence-electron chi connectivity index (χ0n) is 24.1. The highest BCUT2D eigenvalue weighted by Crippen LogP contribution is 2.33. The summed E-state index contributed by atoms with van der Waals surface area (Å²) in [4.78, 5) is 61.7. The predicted octanol–water partition coefficient (Wildman–Crippen LogP) is 0.917. The molecule has 13 nitrogen and oxygen atoms in total. The van der Waals surface area contributed by atoms with Crippen LogP contribution in [0.1, 0.15) is 57.9 Å². The smallest absolute Gasteiger partial charge is 0.315 e. The Hall–Kier alpha value is -3.52. The summed E-state index contributed by atoms with van der Waals surface area (Å²) in [6.07, 6.45) is 3.23. The van der Waals surface area contributed by atoms with E-state index in [-0.39, 0.29) is 55.9 Å². The molecular formula is C28H43N7O6S. The molecule has 0 radical (unpaired) electrons. The van der Waals surface area contributed by atoms with Crippen molar-refractivity contribution in [3.05, 3.63) is 29.8 Å². The van der Waals surface area contributed by atoms with Gasteiger partial charge in [0.05, 0.1) is 18.7 Å². The Labute approximate surface area is 250 Å². The Morgan fingerprint density at radius 1 is 1.05 bits per heavy atom. The van der Waals surface area contributed by atoms with Crippen LogP contribution >= 0.6 is 11.8 Å². The van der Waals surface area contributed by atoms with Gasteiger partial charge in [-0.05, 0) is 49.3 Å². The van der Waals surface area contributed by atoms with Gasteiger partial charge in [-0.15, -0.1) is 0 Å². The van der Waals surface area contributed by atoms with Gasteiger partial charge in [-0.3, -0.25) is 14.4 Å². The molecule has 232 valence electrons. The number of urea groups is 2. The Morgan fingerprint density at radius 2 is 1.79 bits per heavy atom. The number of aliphatic hydroxyl groups is 1. The van der Waals surface area contributed by atoms with Crippen LogP contribution in [0.5, 0.6) is 0 Å². The van der Waals surface area contributed by atoms with Crippen molar-refractivity contribution in [1.29, 1.82) is 0 Å². The molecule has 1 aromatic rings. The fourth-order valence-electron chi connectivity index (χ4n) is 5.03. The van der Waals surface area contributed by atoms with E-state index in [4.69, 9.17) is 5.73 Å². The average Bonchev–Trinajstić information content (AvgIpc) is 3.50. The van der Waals surface area contributed by atoms with Gasteiger partial charge in [0.1, 0.15) is 12.1 Å². The lowest BCUT2D eigenvalue weighted by atomic mass is 10.0. The molecule has 2 heterocycles. The van der Waals surface area contributed by atoms with E-state index in [1.54, 1.807) is 24.3 Å². The molecule has 0 saturated carbocycles. The first-order chi connectivity index (χ1) is 20.1. The van der Waals surface area contributed by atoms with Gasteiger partial charge in [-0.25, -0.2) is 9.59 Å². The number of hydrogen-bond donors (Lipinski definition) is 8. The fourth-order valence-corrected chi connectivity index (χ4v) is 6.57. The number of nitrogens with two attached hydrogens (primary N) is 1. The van der Waals surface area contributed by atoms with Crippen LogP contribution in [-0.4, -0.2) is 76.6 Å². The Bertz CT molecular complexity index is 1100. The topological polar surface area (TPSA) is 204 Å². The molecule has 7 amide bonds. The zero-order chi connectivity index (χ0) is 30.6. The Balaban J connectivity index is 1.51. The molecule has 0 bridgehead atoms. The quantitative estimate of drug-likeness (QED) is 0.101. The number of carbonyl (C=O) groups is 5. The molecule has 42 heavy (non-hydrogen) atoms. The highest BCUT2D eigenvalue weighted by molar-refractivity contribution is 8.00. The van der Waals surface area contributed by atoms with Gasteiger partial charge in [-0.2, -0.15) is 11.8 Å². The number of carbonyl (C=O) groups excluding carboxylic acids is 5. The minimum absolute atomic E-state index is 0.119. The predicted molar refractivity (Wildman–Crippen MR) is 160 cm³/mol. The number of primary amides is 1. The number of unbranched alkanes of at least 4 members (excludes halogenated alkanes) is 1. The molecule has 5 atom stereocenters. The van der Waals surface area contributed by atoms with Crippen LogP contribution in [0.4, 0.5) is 15.3 Å². The summed E-state index contributed by atoms with van der Waals surface area (Å²) in [5, 5.41) is 26.3. The summed E-state index contributed by atoms with van der Waals surface area (Å²) in [7, 11) is 0. The second kappa shape index (κ2) is 16.2. The number of nitrogens with one attached hydrogen (secondary N) is 6. The summed E-state index contributed by atoms with van der Waals surface area (Å²) < 4.78 is 0. The van der Waals surface area contributed by atoms with Crippen LogP contribution in [0.15, 0.2) is 24.3 Å². The van der Waals surface area contributed by atoms with Crippen molar-refractivity contribution in [2.45, 2.75) is 88.4 Å². The van der Waals surface area contributed by atoms with Gasteiger partial charge in [0.15, 0.2) is 0 Å². The van der Waals surface area contributed by atoms with Crippen LogP contribution in [0.2, 0.25) is 0 Å². The van der Waals surface area contributed by atoms with Crippen LogP contribution < -0.4 is 37.6 Å². The number of thioether (sulfide) groups is 1. The molecule has 14 heteroatoms. The van der Waals surface area contributed by atoms with Gasteiger partial charge in [0.2, 0.25) is 17.7 Å². The summed E-state index contributed by atoms with van der Waals surface area (Å²) in [5.41, 5.74) is 6.31. The fraction of sp³-hybridized carbons (Fsp3) is 0.607. The van der Waals surface area contributed by atoms with Crippen LogP contribution in [0, 0.1) is 5.92 Å². The number of amides is 7. The SMILES string of the molecule is CC(C)[C@H](NC(=O)CCCC[C@H]1SC[C@H]2NC(=O)N[C@H]21)C(=O)N[C@@H](CCCNC(N)=O)C(=O)Nc1ccc(CO)cc1. The van der Waals surface area contributed by atoms with E-state index < -0.39 is 29.9 Å². The lowest BCUT2D eigenvalue weighted by Gasteiger charge is -2.25. The molecule has 1 aromatic carbocycles. The zero-order valence-corrected chi connectivity index (χ0v) is 24.9. The van der Waals surface area contributed by atoms with Crippen molar-refractivity contribution >= 4 is 47.2 Å². The third kappa shape index (κ3) is 10.1. The molecule has 9 N–H and O–H groups in total. The maximum atomic E-state index is 13.3. The second-order valence-electron chi connectivity index (χ2n) is 11.0. The molecule has 0 unspecified atom stereocenters. The van der Waals surface area contributed by atoms with Crippen molar-refractivity contribution in [2.24, 2.45) is 11.7 Å². The minimum atomic E-state index is -0.929. The minimum Gasteiger partial charge on any atom is -0.392 e. The van der Waals surface area contributed by atoms with Crippen molar-refractivity contribution < 1.29 is 29.1 Å².